The van der Waals surface area contributed by atoms with Crippen molar-refractivity contribution in [3.63, 3.8) is 0 Å². The van der Waals surface area contributed by atoms with Gasteiger partial charge in [0.25, 0.3) is 0 Å². The molecule has 15 heavy (non-hydrogen) atoms. The lowest BCUT2D eigenvalue weighted by Gasteiger charge is -2.33. The first kappa shape index (κ1) is 10.8. The summed E-state index contributed by atoms with van der Waals surface area (Å²) < 4.78 is 0.0224. The molecule has 1 aromatic carbocycles. The number of amides is 2. The number of nitrogens with zero attached hydrogens (tertiary/aromatic N) is 1. The van der Waals surface area contributed by atoms with Crippen molar-refractivity contribution >= 4 is 40.0 Å². The maximum Gasteiger partial charge on any atom is 0.426 e. The van der Waals surface area contributed by atoms with Crippen LogP contribution in [-0.2, 0) is 0 Å². The normalized spacial score (nSPS) is 23.7. The van der Waals surface area contributed by atoms with Crippen LogP contribution in [0, 0.1) is 5.21 Å². The Hall–Kier alpha value is -0.660. The zero-order chi connectivity index (χ0) is 10.9. The number of nitrogens with one attached hydrogen (secondary N) is 1. The zero-order valence-corrected chi connectivity index (χ0v) is 10.2. The molecule has 4 nitrogen and oxygen atoms in total. The van der Waals surface area contributed by atoms with Gasteiger partial charge in [0, 0.05) is 16.9 Å². The number of anilines is 1. The molecule has 0 aromatic heterocycles. The number of halogens is 1. The average molecular weight is 318 g/mol. The third-order valence-electron chi connectivity index (χ3n) is 2.47. The Kier molecular flexibility index (Phi) is 2.94. The molecule has 1 unspecified atom stereocenters. The van der Waals surface area contributed by atoms with Gasteiger partial charge in [-0.25, -0.2) is 9.44 Å². The highest BCUT2D eigenvalue weighted by molar-refractivity contribution is 14.1. The minimum atomic E-state index is -0.862. The Morgan fingerprint density at radius 3 is 2.87 bits per heavy atom. The second-order valence-corrected chi connectivity index (χ2v) is 4.53. The molecule has 0 saturated heterocycles. The van der Waals surface area contributed by atoms with Gasteiger partial charge in [0.15, 0.2) is 5.69 Å². The van der Waals surface area contributed by atoms with Gasteiger partial charge in [-0.15, -0.1) is 0 Å². The van der Waals surface area contributed by atoms with Crippen LogP contribution in [0.5, 0.6) is 0 Å². The number of benzene rings is 1. The van der Waals surface area contributed by atoms with Crippen LogP contribution in [0.15, 0.2) is 24.3 Å². The number of carbonyl (C=O) groups is 1. The first-order valence-corrected chi connectivity index (χ1v) is 6.27. The molecule has 1 aliphatic heterocycles. The number of hydroxylamine groups is 2. The highest BCUT2D eigenvalue weighted by atomic mass is 127. The molecule has 1 N–H and O–H groups in total. The predicted molar refractivity (Wildman–Crippen MR) is 69.0 cm³/mol. The number of carbonyl (C=O) groups excluding carboxylic acids is 1. The summed E-state index contributed by atoms with van der Waals surface area (Å²) in [7, 11) is 0. The molecular formula is C10H11IN2O2. The van der Waals surface area contributed by atoms with Crippen LogP contribution in [0.1, 0.15) is 6.42 Å². The van der Waals surface area contributed by atoms with E-state index in [4.69, 9.17) is 0 Å². The van der Waals surface area contributed by atoms with Crippen molar-refractivity contribution in [2.75, 3.05) is 16.3 Å². The van der Waals surface area contributed by atoms with Gasteiger partial charge >= 0.3 is 6.03 Å². The number of fused-ring (bicyclic) bond motifs is 1. The minimum Gasteiger partial charge on any atom is -0.618 e. The summed E-state index contributed by atoms with van der Waals surface area (Å²) in [5.74, 6) is 0. The van der Waals surface area contributed by atoms with E-state index < -0.39 is 10.7 Å². The Labute approximate surface area is 102 Å². The first-order chi connectivity index (χ1) is 7.18. The van der Waals surface area contributed by atoms with Crippen LogP contribution < -0.4 is 9.96 Å². The number of para-hydroxylation sites is 2. The lowest BCUT2D eigenvalue weighted by molar-refractivity contribution is 0.231. The number of alkyl halides is 1. The fourth-order valence-electron chi connectivity index (χ4n) is 1.71. The number of hydrogen-bond acceptors (Lipinski definition) is 2. The van der Waals surface area contributed by atoms with E-state index in [1.165, 1.54) is 0 Å². The van der Waals surface area contributed by atoms with Gasteiger partial charge in [-0.2, -0.15) is 0 Å². The summed E-state index contributed by atoms with van der Waals surface area (Å²) in [4.78, 5) is 11.6. The number of quaternary nitrogens is 1. The van der Waals surface area contributed by atoms with Crippen LogP contribution in [0.4, 0.5) is 16.2 Å². The number of urea groups is 1. The van der Waals surface area contributed by atoms with E-state index in [9.17, 15) is 10.0 Å². The molecule has 1 heterocycles. The van der Waals surface area contributed by atoms with Gasteiger partial charge in [0.2, 0.25) is 0 Å². The van der Waals surface area contributed by atoms with E-state index >= 15 is 0 Å². The summed E-state index contributed by atoms with van der Waals surface area (Å²) in [5, 5.41) is 15.0. The third kappa shape index (κ3) is 1.75. The second-order valence-electron chi connectivity index (χ2n) is 3.45. The zero-order valence-electron chi connectivity index (χ0n) is 8.07. The van der Waals surface area contributed by atoms with Gasteiger partial charge in [-0.3, -0.25) is 5.32 Å². The van der Waals surface area contributed by atoms with E-state index in [0.29, 0.717) is 17.9 Å². The quantitative estimate of drug-likeness (QED) is 0.403. The van der Waals surface area contributed by atoms with Crippen LogP contribution in [0.25, 0.3) is 0 Å². The number of hydrogen-bond donors (Lipinski definition) is 1. The van der Waals surface area contributed by atoms with Gasteiger partial charge in [0.05, 0.1) is 6.54 Å². The molecule has 2 rings (SSSR count). The van der Waals surface area contributed by atoms with Crippen molar-refractivity contribution < 1.29 is 4.79 Å². The molecule has 0 bridgehead atoms. The summed E-state index contributed by atoms with van der Waals surface area (Å²) in [5.41, 5.74) is 1.18. The summed E-state index contributed by atoms with van der Waals surface area (Å²) in [6.45, 7) is 0.311. The van der Waals surface area contributed by atoms with Gasteiger partial charge in [-0.05, 0) is 6.07 Å². The molecule has 1 aromatic rings. The SMILES string of the molecule is O=C1Nc2ccccc2[N+]1([O-])CCCI. The summed E-state index contributed by atoms with van der Waals surface area (Å²) in [6, 6.07) is 6.60. The monoisotopic (exact) mass is 318 g/mol. The molecular weight excluding hydrogens is 307 g/mol. The van der Waals surface area contributed by atoms with Crippen LogP contribution in [0.3, 0.4) is 0 Å². The Morgan fingerprint density at radius 2 is 2.13 bits per heavy atom. The molecule has 1 aliphatic rings. The van der Waals surface area contributed by atoms with E-state index in [-0.39, 0.29) is 0 Å². The molecule has 2 amide bonds. The van der Waals surface area contributed by atoms with Crippen molar-refractivity contribution in [2.45, 2.75) is 6.42 Å². The Balaban J connectivity index is 2.36. The summed E-state index contributed by atoms with van der Waals surface area (Å²) >= 11 is 2.21. The summed E-state index contributed by atoms with van der Waals surface area (Å²) in [6.07, 6.45) is 0.742. The van der Waals surface area contributed by atoms with E-state index in [1.807, 2.05) is 6.07 Å². The first-order valence-electron chi connectivity index (χ1n) is 4.74. The van der Waals surface area contributed by atoms with Crippen LogP contribution >= 0.6 is 22.6 Å². The molecule has 0 fully saturated rings. The molecule has 80 valence electrons. The van der Waals surface area contributed by atoms with Gasteiger partial charge in [-0.1, -0.05) is 34.7 Å². The molecule has 1 atom stereocenters. The molecule has 0 aliphatic carbocycles. The largest absolute Gasteiger partial charge is 0.618 e. The van der Waals surface area contributed by atoms with Crippen LogP contribution in [-0.4, -0.2) is 17.0 Å². The molecule has 0 spiro atoms. The maximum absolute atomic E-state index is 12.3. The standard InChI is InChI=1S/C10H11IN2O2/c11-6-3-7-13(15)9-5-2-1-4-8(9)12-10(13)14/h1-2,4-5H,3,6-7H2,(H,12,14). The average Bonchev–Trinajstić information content (AvgIpc) is 2.50. The molecule has 0 radical (unpaired) electrons. The third-order valence-corrected chi connectivity index (χ3v) is 3.23. The van der Waals surface area contributed by atoms with Crippen molar-refractivity contribution in [1.29, 1.82) is 0 Å². The highest BCUT2D eigenvalue weighted by Crippen LogP contribution is 2.37. The van der Waals surface area contributed by atoms with Crippen molar-refractivity contribution in [2.24, 2.45) is 0 Å². The van der Waals surface area contributed by atoms with Crippen molar-refractivity contribution in [3.8, 4) is 0 Å². The number of rotatable bonds is 3. The van der Waals surface area contributed by atoms with Gasteiger partial charge in [0.1, 0.15) is 5.69 Å². The van der Waals surface area contributed by atoms with Crippen LogP contribution in [0.2, 0.25) is 0 Å². The lowest BCUT2D eigenvalue weighted by atomic mass is 10.2. The fraction of sp³-hybridized carbons (Fsp3) is 0.300. The fourth-order valence-corrected chi connectivity index (χ4v) is 2.05. The lowest BCUT2D eigenvalue weighted by Crippen LogP contribution is -2.47. The van der Waals surface area contributed by atoms with Gasteiger partial charge < -0.3 is 5.21 Å². The highest BCUT2D eigenvalue weighted by Gasteiger charge is 2.39. The maximum atomic E-state index is 12.3. The van der Waals surface area contributed by atoms with E-state index in [0.717, 1.165) is 10.8 Å². The second kappa shape index (κ2) is 4.07. The molecule has 0 saturated carbocycles. The van der Waals surface area contributed by atoms with E-state index in [1.54, 1.807) is 18.2 Å². The smallest absolute Gasteiger partial charge is 0.426 e. The molecule has 5 heteroatoms. The van der Waals surface area contributed by atoms with Crippen molar-refractivity contribution in [1.82, 2.24) is 4.65 Å². The Bertz CT molecular complexity index is 397. The van der Waals surface area contributed by atoms with E-state index in [2.05, 4.69) is 27.9 Å². The van der Waals surface area contributed by atoms with Crippen molar-refractivity contribution in [3.05, 3.63) is 29.5 Å². The Morgan fingerprint density at radius 1 is 1.40 bits per heavy atom. The topological polar surface area (TPSA) is 52.2 Å². The minimum absolute atomic E-state index is 0.311. The predicted octanol–water partition coefficient (Wildman–Crippen LogP) is 2.86.